The molecular formula is C16H24N2OSi2. The molecule has 1 heterocycles. The molecule has 0 amide bonds. The molecule has 0 atom stereocenters. The van der Waals surface area contributed by atoms with Crippen molar-refractivity contribution in [1.82, 2.24) is 9.97 Å². The lowest BCUT2D eigenvalue weighted by molar-refractivity contribution is 0.552. The molecular weight excluding hydrogens is 292 g/mol. The van der Waals surface area contributed by atoms with Crippen molar-refractivity contribution in [2.75, 3.05) is 0 Å². The summed E-state index contributed by atoms with van der Waals surface area (Å²) in [5.74, 6) is 0.917. The third-order valence-electron chi connectivity index (χ3n) is 3.57. The predicted octanol–water partition coefficient (Wildman–Crippen LogP) is 3.35. The van der Waals surface area contributed by atoms with Crippen LogP contribution in [0.4, 0.5) is 0 Å². The van der Waals surface area contributed by atoms with E-state index in [1.54, 1.807) is 12.4 Å². The number of hydrogen-bond acceptors (Lipinski definition) is 3. The van der Waals surface area contributed by atoms with Crippen molar-refractivity contribution in [3.63, 3.8) is 0 Å². The maximum Gasteiger partial charge on any atom is 0.205 e. The summed E-state index contributed by atoms with van der Waals surface area (Å²) in [5, 5.41) is 1.36. The Bertz CT molecular complexity index is 559. The largest absolute Gasteiger partial charge is 0.452 e. The van der Waals surface area contributed by atoms with Gasteiger partial charge in [-0.25, -0.2) is 9.97 Å². The van der Waals surface area contributed by atoms with Gasteiger partial charge in [0.15, 0.2) is 8.32 Å². The van der Waals surface area contributed by atoms with Gasteiger partial charge in [-0.3, -0.25) is 0 Å². The van der Waals surface area contributed by atoms with E-state index in [-0.39, 0.29) is 0 Å². The lowest BCUT2D eigenvalue weighted by atomic mass is 10.4. The second kappa shape index (κ2) is 6.64. The first kappa shape index (κ1) is 16.1. The highest BCUT2D eigenvalue weighted by Gasteiger charge is 2.34. The second-order valence-electron chi connectivity index (χ2n) is 6.40. The third-order valence-corrected chi connectivity index (χ3v) is 11.0. The van der Waals surface area contributed by atoms with Crippen LogP contribution in [0.5, 0.6) is 0 Å². The fourth-order valence-corrected chi connectivity index (χ4v) is 10.7. The standard InChI is InChI=1S/C16H24N2OSi2/c1-20(2,14-11-16-17-12-8-13-18-16)19-21(3,4)15-9-6-5-7-10-15/h5-10,12-13H,11,14H2,1-4H3. The molecule has 0 fully saturated rings. The molecule has 0 saturated heterocycles. The monoisotopic (exact) mass is 316 g/mol. The van der Waals surface area contributed by atoms with E-state index >= 15 is 0 Å². The molecule has 1 aromatic heterocycles. The Balaban J connectivity index is 2.00. The summed E-state index contributed by atoms with van der Waals surface area (Å²) in [6.45, 7) is 9.17. The quantitative estimate of drug-likeness (QED) is 0.767. The van der Waals surface area contributed by atoms with Gasteiger partial charge >= 0.3 is 0 Å². The molecule has 3 nitrogen and oxygen atoms in total. The van der Waals surface area contributed by atoms with Gasteiger partial charge in [-0.2, -0.15) is 0 Å². The molecule has 0 bridgehead atoms. The predicted molar refractivity (Wildman–Crippen MR) is 92.7 cm³/mol. The Hall–Kier alpha value is -1.31. The van der Waals surface area contributed by atoms with Crippen LogP contribution in [0.3, 0.4) is 0 Å². The van der Waals surface area contributed by atoms with Gasteiger partial charge < -0.3 is 4.12 Å². The third kappa shape index (κ3) is 4.87. The molecule has 1 aromatic carbocycles. The number of rotatable bonds is 6. The maximum absolute atomic E-state index is 6.66. The summed E-state index contributed by atoms with van der Waals surface area (Å²) in [5.41, 5.74) is 0. The summed E-state index contributed by atoms with van der Waals surface area (Å²) in [6.07, 6.45) is 4.51. The van der Waals surface area contributed by atoms with E-state index in [4.69, 9.17) is 4.12 Å². The molecule has 0 unspecified atom stereocenters. The SMILES string of the molecule is C[Si](C)(CCc1ncccn1)O[Si](C)(C)c1ccccc1. The lowest BCUT2D eigenvalue weighted by Crippen LogP contribution is -2.52. The van der Waals surface area contributed by atoms with E-state index in [1.807, 2.05) is 6.07 Å². The Kier molecular flexibility index (Phi) is 5.08. The van der Waals surface area contributed by atoms with Crippen LogP contribution < -0.4 is 5.19 Å². The number of aromatic nitrogens is 2. The molecule has 0 aliphatic heterocycles. The van der Waals surface area contributed by atoms with Crippen molar-refractivity contribution < 1.29 is 4.12 Å². The summed E-state index contributed by atoms with van der Waals surface area (Å²) in [4.78, 5) is 8.61. The highest BCUT2D eigenvalue weighted by atomic mass is 28.4. The van der Waals surface area contributed by atoms with Crippen LogP contribution in [-0.2, 0) is 10.5 Å². The van der Waals surface area contributed by atoms with E-state index in [1.165, 1.54) is 5.19 Å². The molecule has 112 valence electrons. The lowest BCUT2D eigenvalue weighted by Gasteiger charge is -2.34. The van der Waals surface area contributed by atoms with Crippen LogP contribution >= 0.6 is 0 Å². The Morgan fingerprint density at radius 3 is 2.14 bits per heavy atom. The molecule has 2 rings (SSSR count). The molecule has 21 heavy (non-hydrogen) atoms. The number of aryl methyl sites for hydroxylation is 1. The Labute approximate surface area is 129 Å². The molecule has 2 aromatic rings. The summed E-state index contributed by atoms with van der Waals surface area (Å²) >= 11 is 0. The van der Waals surface area contributed by atoms with Crippen molar-refractivity contribution in [2.24, 2.45) is 0 Å². The smallest absolute Gasteiger partial charge is 0.205 e. The average molecular weight is 317 g/mol. The van der Waals surface area contributed by atoms with Gasteiger partial charge in [0.05, 0.1) is 0 Å². The van der Waals surface area contributed by atoms with Crippen molar-refractivity contribution >= 4 is 21.8 Å². The summed E-state index contributed by atoms with van der Waals surface area (Å²) < 4.78 is 6.66. The molecule has 0 saturated carbocycles. The van der Waals surface area contributed by atoms with Crippen LogP contribution in [0.15, 0.2) is 48.8 Å². The van der Waals surface area contributed by atoms with Crippen molar-refractivity contribution in [2.45, 2.75) is 38.7 Å². The number of benzene rings is 1. The van der Waals surface area contributed by atoms with Crippen LogP contribution in [0.25, 0.3) is 0 Å². The number of hydrogen-bond donors (Lipinski definition) is 0. The minimum absolute atomic E-state index is 0.902. The zero-order chi connectivity index (χ0) is 15.3. The molecule has 5 heteroatoms. The Morgan fingerprint density at radius 2 is 1.52 bits per heavy atom. The van der Waals surface area contributed by atoms with Crippen molar-refractivity contribution in [3.05, 3.63) is 54.6 Å². The van der Waals surface area contributed by atoms with Gasteiger partial charge in [-0.05, 0) is 43.5 Å². The van der Waals surface area contributed by atoms with E-state index in [0.29, 0.717) is 0 Å². The first-order chi connectivity index (χ1) is 9.89. The average Bonchev–Trinajstić information content (AvgIpc) is 2.46. The van der Waals surface area contributed by atoms with Crippen LogP contribution in [-0.4, -0.2) is 26.6 Å². The van der Waals surface area contributed by atoms with Crippen LogP contribution in [0.2, 0.25) is 32.2 Å². The fraction of sp³-hybridized carbons (Fsp3) is 0.375. The normalized spacial score (nSPS) is 12.4. The molecule has 0 aliphatic rings. The molecule has 0 spiro atoms. The van der Waals surface area contributed by atoms with Crippen molar-refractivity contribution in [1.29, 1.82) is 0 Å². The molecule has 0 N–H and O–H groups in total. The van der Waals surface area contributed by atoms with E-state index in [2.05, 4.69) is 66.5 Å². The van der Waals surface area contributed by atoms with E-state index in [9.17, 15) is 0 Å². The topological polar surface area (TPSA) is 35.0 Å². The highest BCUT2D eigenvalue weighted by molar-refractivity contribution is 6.92. The van der Waals surface area contributed by atoms with Gasteiger partial charge in [-0.15, -0.1) is 0 Å². The highest BCUT2D eigenvalue weighted by Crippen LogP contribution is 2.20. The first-order valence-corrected chi connectivity index (χ1v) is 13.4. The summed E-state index contributed by atoms with van der Waals surface area (Å²) in [7, 11) is -3.55. The minimum atomic E-state index is -1.83. The van der Waals surface area contributed by atoms with E-state index in [0.717, 1.165) is 18.3 Å². The van der Waals surface area contributed by atoms with Crippen LogP contribution in [0.1, 0.15) is 5.82 Å². The summed E-state index contributed by atoms with van der Waals surface area (Å²) in [6, 6.07) is 13.5. The number of nitrogens with zero attached hydrogens (tertiary/aromatic N) is 2. The van der Waals surface area contributed by atoms with Gasteiger partial charge in [0.2, 0.25) is 8.32 Å². The minimum Gasteiger partial charge on any atom is -0.452 e. The van der Waals surface area contributed by atoms with E-state index < -0.39 is 16.6 Å². The Morgan fingerprint density at radius 1 is 0.905 bits per heavy atom. The fourth-order valence-electron chi connectivity index (χ4n) is 2.51. The van der Waals surface area contributed by atoms with Gasteiger partial charge in [0.1, 0.15) is 5.82 Å². The zero-order valence-electron chi connectivity index (χ0n) is 13.3. The van der Waals surface area contributed by atoms with Gasteiger partial charge in [-0.1, -0.05) is 30.3 Å². The van der Waals surface area contributed by atoms with Crippen LogP contribution in [0, 0.1) is 0 Å². The van der Waals surface area contributed by atoms with Crippen molar-refractivity contribution in [3.8, 4) is 0 Å². The molecule has 0 radical (unpaired) electrons. The molecule has 0 aliphatic carbocycles. The zero-order valence-corrected chi connectivity index (χ0v) is 15.3. The maximum atomic E-state index is 6.66. The van der Waals surface area contributed by atoms with Gasteiger partial charge in [0, 0.05) is 18.8 Å². The second-order valence-corrected chi connectivity index (χ2v) is 14.8. The first-order valence-electron chi connectivity index (χ1n) is 7.41. The van der Waals surface area contributed by atoms with Gasteiger partial charge in [0.25, 0.3) is 0 Å².